The van der Waals surface area contributed by atoms with E-state index in [9.17, 15) is 9.59 Å². The van der Waals surface area contributed by atoms with Gasteiger partial charge in [0.2, 0.25) is 0 Å². The van der Waals surface area contributed by atoms with E-state index in [1.54, 1.807) is 0 Å². The first kappa shape index (κ1) is 18.1. The van der Waals surface area contributed by atoms with E-state index >= 15 is 0 Å². The van der Waals surface area contributed by atoms with E-state index in [0.29, 0.717) is 0 Å². The largest absolute Gasteiger partial charge is 0.481 e. The molecule has 7 heteroatoms. The fraction of sp³-hybridized carbons (Fsp3) is 0.308. The molecule has 20 heavy (non-hydrogen) atoms. The molecule has 0 amide bonds. The Morgan fingerprint density at radius 1 is 1.30 bits per heavy atom. The summed E-state index contributed by atoms with van der Waals surface area (Å²) >= 11 is 3.35. The molecule has 0 fully saturated rings. The zero-order valence-electron chi connectivity index (χ0n) is 11.0. The molecule has 0 aliphatic heterocycles. The van der Waals surface area contributed by atoms with E-state index in [1.165, 1.54) is 5.56 Å². The van der Waals surface area contributed by atoms with Gasteiger partial charge in [0, 0.05) is 16.6 Å². The molecule has 1 rings (SSSR count). The first-order valence-corrected chi connectivity index (χ1v) is 6.58. The van der Waals surface area contributed by atoms with Crippen LogP contribution >= 0.6 is 15.9 Å². The van der Waals surface area contributed by atoms with Gasteiger partial charge in [-0.1, -0.05) is 12.1 Å². The van der Waals surface area contributed by atoms with Crippen LogP contribution in [0.4, 0.5) is 5.69 Å². The van der Waals surface area contributed by atoms with Crippen molar-refractivity contribution in [2.45, 2.75) is 26.2 Å². The second-order valence-corrected chi connectivity index (χ2v) is 4.80. The van der Waals surface area contributed by atoms with Crippen molar-refractivity contribution >= 4 is 39.3 Å². The number of hydrogen-bond acceptors (Lipinski definition) is 4. The second kappa shape index (κ2) is 9.08. The Labute approximate surface area is 125 Å². The number of nitrogen functional groups attached to an aromatic ring is 1. The Bertz CT molecular complexity index is 483. The zero-order valence-corrected chi connectivity index (χ0v) is 12.6. The number of anilines is 1. The summed E-state index contributed by atoms with van der Waals surface area (Å²) < 4.78 is 1.00. The van der Waals surface area contributed by atoms with Crippen LogP contribution in [0.25, 0.3) is 0 Å². The van der Waals surface area contributed by atoms with E-state index in [2.05, 4.69) is 15.9 Å². The number of aryl methyl sites for hydroxylation is 1. The lowest BCUT2D eigenvalue weighted by atomic mass is 10.2. The van der Waals surface area contributed by atoms with Crippen molar-refractivity contribution < 1.29 is 19.8 Å². The number of nitrogens with one attached hydrogen (secondary N) is 1. The van der Waals surface area contributed by atoms with Crippen LogP contribution in [-0.4, -0.2) is 27.9 Å². The third-order valence-electron chi connectivity index (χ3n) is 2.30. The molecule has 0 spiro atoms. The van der Waals surface area contributed by atoms with Gasteiger partial charge >= 0.3 is 11.9 Å². The first-order valence-electron chi connectivity index (χ1n) is 5.78. The maximum atomic E-state index is 10.0. The molecule has 0 aliphatic carbocycles. The molecular weight excluding hydrogens is 328 g/mol. The van der Waals surface area contributed by atoms with E-state index in [1.807, 2.05) is 25.1 Å². The molecule has 0 unspecified atom stereocenters. The van der Waals surface area contributed by atoms with Crippen molar-refractivity contribution in [3.63, 3.8) is 0 Å². The average Bonchev–Trinajstić information content (AvgIpc) is 2.36. The maximum absolute atomic E-state index is 10.0. The van der Waals surface area contributed by atoms with Gasteiger partial charge in [-0.05, 0) is 47.3 Å². The van der Waals surface area contributed by atoms with Crippen molar-refractivity contribution in [2.24, 2.45) is 0 Å². The molecule has 0 saturated carbocycles. The summed E-state index contributed by atoms with van der Waals surface area (Å²) in [6.45, 7) is 2.01. The van der Waals surface area contributed by atoms with Crippen molar-refractivity contribution in [3.05, 3.63) is 28.2 Å². The third kappa shape index (κ3) is 7.52. The highest BCUT2D eigenvalue weighted by Crippen LogP contribution is 2.22. The Hall–Kier alpha value is -1.89. The van der Waals surface area contributed by atoms with Gasteiger partial charge in [-0.15, -0.1) is 0 Å². The fourth-order valence-electron chi connectivity index (χ4n) is 1.19. The van der Waals surface area contributed by atoms with Gasteiger partial charge in [-0.2, -0.15) is 0 Å². The Kier molecular flexibility index (Phi) is 8.23. The predicted octanol–water partition coefficient (Wildman–Crippen LogP) is 2.69. The summed E-state index contributed by atoms with van der Waals surface area (Å²) in [7, 11) is 0. The van der Waals surface area contributed by atoms with Crippen LogP contribution in [0.1, 0.15) is 24.8 Å². The van der Waals surface area contributed by atoms with E-state index in [4.69, 9.17) is 21.4 Å². The molecule has 1 aromatic rings. The fourth-order valence-corrected chi connectivity index (χ4v) is 1.46. The number of carboxylic acid groups (broad SMARTS) is 2. The van der Waals surface area contributed by atoms with Gasteiger partial charge in [-0.25, -0.2) is 4.79 Å². The Balaban J connectivity index is 0.000000367. The highest BCUT2D eigenvalue weighted by molar-refractivity contribution is 9.10. The number of hydrogen-bond donors (Lipinski definition) is 4. The van der Waals surface area contributed by atoms with Crippen LogP contribution in [0.2, 0.25) is 0 Å². The lowest BCUT2D eigenvalue weighted by molar-refractivity contribution is -0.137. The molecule has 0 aromatic heterocycles. The SMILES string of the molecule is Cc1cccc(N)c1Br.N=C(CCCC(=O)O)C(=O)O. The second-order valence-electron chi connectivity index (χ2n) is 4.01. The highest BCUT2D eigenvalue weighted by Gasteiger charge is 2.06. The topological polar surface area (TPSA) is 124 Å². The maximum Gasteiger partial charge on any atom is 0.349 e. The molecule has 0 heterocycles. The number of halogens is 1. The quantitative estimate of drug-likeness (QED) is 0.482. The molecule has 5 N–H and O–H groups in total. The zero-order chi connectivity index (χ0) is 15.7. The highest BCUT2D eigenvalue weighted by atomic mass is 79.9. The van der Waals surface area contributed by atoms with Gasteiger partial charge < -0.3 is 15.9 Å². The lowest BCUT2D eigenvalue weighted by Crippen LogP contribution is -2.11. The number of carboxylic acids is 2. The van der Waals surface area contributed by atoms with Crippen molar-refractivity contribution in [2.75, 3.05) is 5.73 Å². The molecule has 0 atom stereocenters. The lowest BCUT2D eigenvalue weighted by Gasteiger charge is -1.98. The van der Waals surface area contributed by atoms with E-state index in [0.717, 1.165) is 10.2 Å². The van der Waals surface area contributed by atoms with Crippen LogP contribution in [0.3, 0.4) is 0 Å². The molecular formula is C13H17BrN2O4. The first-order chi connectivity index (χ1) is 9.25. The van der Waals surface area contributed by atoms with E-state index < -0.39 is 17.7 Å². The smallest absolute Gasteiger partial charge is 0.349 e. The molecule has 0 bridgehead atoms. The Morgan fingerprint density at radius 3 is 2.30 bits per heavy atom. The van der Waals surface area contributed by atoms with Crippen LogP contribution in [0.15, 0.2) is 22.7 Å². The van der Waals surface area contributed by atoms with E-state index in [-0.39, 0.29) is 19.3 Å². The van der Waals surface area contributed by atoms with Gasteiger partial charge in [0.15, 0.2) is 0 Å². The summed E-state index contributed by atoms with van der Waals surface area (Å²) in [6.07, 6.45) is 0.137. The monoisotopic (exact) mass is 344 g/mol. The summed E-state index contributed by atoms with van der Waals surface area (Å²) in [4.78, 5) is 19.9. The van der Waals surface area contributed by atoms with Crippen molar-refractivity contribution in [1.82, 2.24) is 0 Å². The normalized spacial score (nSPS) is 9.30. The summed E-state index contributed by atoms with van der Waals surface area (Å²) in [5, 5.41) is 23.1. The van der Waals surface area contributed by atoms with Gasteiger partial charge in [0.1, 0.15) is 5.71 Å². The molecule has 110 valence electrons. The minimum absolute atomic E-state index is 0.0155. The summed E-state index contributed by atoms with van der Waals surface area (Å²) in [6, 6.07) is 5.83. The van der Waals surface area contributed by atoms with Crippen LogP contribution in [0, 0.1) is 12.3 Å². The van der Waals surface area contributed by atoms with Crippen LogP contribution in [0.5, 0.6) is 0 Å². The summed E-state index contributed by atoms with van der Waals surface area (Å²) in [5.74, 6) is -2.25. The number of benzene rings is 1. The van der Waals surface area contributed by atoms with Gasteiger partial charge in [0.05, 0.1) is 0 Å². The molecule has 0 aliphatic rings. The average molecular weight is 345 g/mol. The number of rotatable bonds is 5. The minimum atomic E-state index is -1.28. The Morgan fingerprint density at radius 2 is 1.90 bits per heavy atom. The van der Waals surface area contributed by atoms with Crippen molar-refractivity contribution in [3.8, 4) is 0 Å². The molecule has 1 aromatic carbocycles. The van der Waals surface area contributed by atoms with Crippen LogP contribution in [-0.2, 0) is 9.59 Å². The van der Waals surface area contributed by atoms with Crippen LogP contribution < -0.4 is 5.73 Å². The number of nitrogens with two attached hydrogens (primary N) is 1. The predicted molar refractivity (Wildman–Crippen MR) is 80.1 cm³/mol. The number of carbonyl (C=O) groups is 2. The third-order valence-corrected chi connectivity index (χ3v) is 3.38. The van der Waals surface area contributed by atoms with Crippen molar-refractivity contribution in [1.29, 1.82) is 5.41 Å². The van der Waals surface area contributed by atoms with Gasteiger partial charge in [0.25, 0.3) is 0 Å². The minimum Gasteiger partial charge on any atom is -0.481 e. The number of aliphatic carboxylic acids is 2. The molecule has 0 radical (unpaired) electrons. The molecule has 0 saturated heterocycles. The standard InChI is InChI=1S/C7H8BrN.C6H9NO4/c1-5-3-2-4-6(9)7(5)8;7-4(6(10)11)2-1-3-5(8)9/h2-4H,9H2,1H3;7H,1-3H2,(H,8,9)(H,10,11). The van der Waals surface area contributed by atoms with Gasteiger partial charge in [-0.3, -0.25) is 10.2 Å². The summed E-state index contributed by atoms with van der Waals surface area (Å²) in [5.41, 5.74) is 7.11. The molecule has 6 nitrogen and oxygen atoms in total.